The first kappa shape index (κ1) is 21.3. The van der Waals surface area contributed by atoms with Crippen molar-refractivity contribution in [3.8, 4) is 5.75 Å². The van der Waals surface area contributed by atoms with Crippen LogP contribution in [0.15, 0.2) is 90.5 Å². The maximum atomic E-state index is 13.2. The van der Waals surface area contributed by atoms with Crippen molar-refractivity contribution in [3.05, 3.63) is 107 Å². The van der Waals surface area contributed by atoms with E-state index in [0.717, 1.165) is 16.7 Å². The third-order valence-electron chi connectivity index (χ3n) is 5.64. The SMILES string of the molecule is COc1ccccc1CN1C(=O)C(O)=C(C(=O)CCc2ccccc2)C1c1ccncc1. The van der Waals surface area contributed by atoms with E-state index >= 15 is 0 Å². The zero-order chi connectivity index (χ0) is 22.5. The van der Waals surface area contributed by atoms with Crippen LogP contribution in [0.25, 0.3) is 0 Å². The van der Waals surface area contributed by atoms with Gasteiger partial charge >= 0.3 is 0 Å². The lowest BCUT2D eigenvalue weighted by Crippen LogP contribution is -2.31. The summed E-state index contributed by atoms with van der Waals surface area (Å²) in [7, 11) is 1.57. The third kappa shape index (κ3) is 4.25. The van der Waals surface area contributed by atoms with Gasteiger partial charge in [-0.15, -0.1) is 0 Å². The highest BCUT2D eigenvalue weighted by Gasteiger charge is 2.43. The van der Waals surface area contributed by atoms with Gasteiger partial charge in [-0.2, -0.15) is 0 Å². The van der Waals surface area contributed by atoms with E-state index in [2.05, 4.69) is 4.98 Å². The molecular weight excluding hydrogens is 404 g/mol. The molecule has 1 amide bonds. The lowest BCUT2D eigenvalue weighted by atomic mass is 9.93. The topological polar surface area (TPSA) is 79.7 Å². The van der Waals surface area contributed by atoms with Crippen LogP contribution in [0.4, 0.5) is 0 Å². The number of Topliss-reactive ketones (excluding diaryl/α,β-unsaturated/α-hetero) is 1. The van der Waals surface area contributed by atoms with E-state index in [4.69, 9.17) is 4.74 Å². The van der Waals surface area contributed by atoms with Gasteiger partial charge in [0.2, 0.25) is 0 Å². The second kappa shape index (κ2) is 9.47. The van der Waals surface area contributed by atoms with Crippen molar-refractivity contribution in [2.75, 3.05) is 7.11 Å². The van der Waals surface area contributed by atoms with E-state index in [-0.39, 0.29) is 24.3 Å². The molecule has 0 fully saturated rings. The number of ether oxygens (including phenoxy) is 1. The molecule has 1 atom stereocenters. The molecule has 0 saturated heterocycles. The molecule has 6 heteroatoms. The van der Waals surface area contributed by atoms with Crippen LogP contribution < -0.4 is 4.74 Å². The number of aliphatic hydroxyl groups excluding tert-OH is 1. The second-order valence-corrected chi connectivity index (χ2v) is 7.60. The fraction of sp³-hybridized carbons (Fsp3) is 0.192. The standard InChI is InChI=1S/C26H24N2O4/c1-32-22-10-6-5-9-20(22)17-28-24(19-13-15-27-16-14-19)23(25(30)26(28)31)21(29)12-11-18-7-3-2-4-8-18/h2-10,13-16,24,30H,11-12,17H2,1H3. The number of amides is 1. The molecule has 32 heavy (non-hydrogen) atoms. The predicted octanol–water partition coefficient (Wildman–Crippen LogP) is 4.19. The van der Waals surface area contributed by atoms with E-state index < -0.39 is 17.7 Å². The third-order valence-corrected chi connectivity index (χ3v) is 5.64. The normalized spacial score (nSPS) is 15.8. The maximum Gasteiger partial charge on any atom is 0.290 e. The number of hydrogen-bond donors (Lipinski definition) is 1. The molecule has 0 radical (unpaired) electrons. The van der Waals surface area contributed by atoms with E-state index in [9.17, 15) is 14.7 Å². The van der Waals surface area contributed by atoms with Gasteiger partial charge in [0.25, 0.3) is 5.91 Å². The molecule has 0 bridgehead atoms. The zero-order valence-corrected chi connectivity index (χ0v) is 17.8. The minimum atomic E-state index is -0.696. The van der Waals surface area contributed by atoms with E-state index in [1.54, 1.807) is 31.6 Å². The van der Waals surface area contributed by atoms with Crippen LogP contribution in [0.2, 0.25) is 0 Å². The summed E-state index contributed by atoms with van der Waals surface area (Å²) >= 11 is 0. The Bertz CT molecular complexity index is 1140. The van der Waals surface area contributed by atoms with Gasteiger partial charge in [-0.25, -0.2) is 0 Å². The molecule has 0 aliphatic carbocycles. The van der Waals surface area contributed by atoms with Crippen LogP contribution in [0.3, 0.4) is 0 Å². The molecular formula is C26H24N2O4. The van der Waals surface area contributed by atoms with Crippen molar-refractivity contribution in [1.82, 2.24) is 9.88 Å². The van der Waals surface area contributed by atoms with Gasteiger partial charge in [-0.05, 0) is 35.7 Å². The number of ketones is 1. The van der Waals surface area contributed by atoms with Gasteiger partial charge in [-0.3, -0.25) is 14.6 Å². The number of methoxy groups -OCH3 is 1. The van der Waals surface area contributed by atoms with Crippen LogP contribution in [-0.2, 0) is 22.6 Å². The Labute approximate surface area is 186 Å². The molecule has 1 unspecified atom stereocenters. The molecule has 2 aromatic carbocycles. The average Bonchev–Trinajstić information content (AvgIpc) is 3.09. The molecule has 3 aromatic rings. The zero-order valence-electron chi connectivity index (χ0n) is 17.8. The van der Waals surface area contributed by atoms with Gasteiger partial charge in [0, 0.05) is 24.4 Å². The van der Waals surface area contributed by atoms with E-state index in [1.807, 2.05) is 54.6 Å². The number of carbonyl (C=O) groups is 2. The summed E-state index contributed by atoms with van der Waals surface area (Å²) in [4.78, 5) is 31.9. The number of carbonyl (C=O) groups excluding carboxylic acids is 2. The Morgan fingerprint density at radius 1 is 1.03 bits per heavy atom. The van der Waals surface area contributed by atoms with Gasteiger partial charge in [-0.1, -0.05) is 48.5 Å². The summed E-state index contributed by atoms with van der Waals surface area (Å²) in [6.07, 6.45) is 3.95. The average molecular weight is 428 g/mol. The van der Waals surface area contributed by atoms with Crippen LogP contribution in [0, 0.1) is 0 Å². The first-order chi connectivity index (χ1) is 15.6. The molecule has 4 rings (SSSR count). The number of pyridine rings is 1. The number of rotatable bonds is 8. The van der Waals surface area contributed by atoms with Crippen molar-refractivity contribution in [2.24, 2.45) is 0 Å². The lowest BCUT2D eigenvalue weighted by Gasteiger charge is -2.27. The summed E-state index contributed by atoms with van der Waals surface area (Å²) in [5, 5.41) is 10.8. The number of nitrogens with zero attached hydrogens (tertiary/aromatic N) is 2. The Kier molecular flexibility index (Phi) is 6.31. The number of benzene rings is 2. The summed E-state index contributed by atoms with van der Waals surface area (Å²) < 4.78 is 5.43. The molecule has 1 aliphatic rings. The Morgan fingerprint density at radius 2 is 1.72 bits per heavy atom. The molecule has 2 heterocycles. The van der Waals surface area contributed by atoms with Crippen molar-refractivity contribution < 1.29 is 19.4 Å². The van der Waals surface area contributed by atoms with Crippen LogP contribution >= 0.6 is 0 Å². The first-order valence-electron chi connectivity index (χ1n) is 10.4. The molecule has 1 aliphatic heterocycles. The van der Waals surface area contributed by atoms with Crippen LogP contribution in [0.5, 0.6) is 5.75 Å². The summed E-state index contributed by atoms with van der Waals surface area (Å²) in [6, 6.07) is 19.9. The monoisotopic (exact) mass is 428 g/mol. The molecule has 1 N–H and O–H groups in total. The van der Waals surface area contributed by atoms with E-state index in [0.29, 0.717) is 12.2 Å². The summed E-state index contributed by atoms with van der Waals surface area (Å²) in [5.41, 5.74) is 2.66. The van der Waals surface area contributed by atoms with Crippen molar-refractivity contribution >= 4 is 11.7 Å². The largest absolute Gasteiger partial charge is 0.503 e. The number of para-hydroxylation sites is 1. The fourth-order valence-electron chi connectivity index (χ4n) is 4.05. The minimum absolute atomic E-state index is 0.132. The maximum absolute atomic E-state index is 13.2. The molecule has 6 nitrogen and oxygen atoms in total. The van der Waals surface area contributed by atoms with Gasteiger partial charge in [0.05, 0.1) is 25.3 Å². The minimum Gasteiger partial charge on any atom is -0.503 e. The smallest absolute Gasteiger partial charge is 0.290 e. The summed E-state index contributed by atoms with van der Waals surface area (Å²) in [6.45, 7) is 0.190. The van der Waals surface area contributed by atoms with Gasteiger partial charge in [0.1, 0.15) is 5.75 Å². The number of hydrogen-bond acceptors (Lipinski definition) is 5. The number of aliphatic hydroxyl groups is 1. The van der Waals surface area contributed by atoms with Crippen LogP contribution in [0.1, 0.15) is 29.2 Å². The highest BCUT2D eigenvalue weighted by molar-refractivity contribution is 6.09. The molecule has 0 saturated carbocycles. The first-order valence-corrected chi connectivity index (χ1v) is 10.4. The second-order valence-electron chi connectivity index (χ2n) is 7.60. The van der Waals surface area contributed by atoms with Crippen molar-refractivity contribution in [2.45, 2.75) is 25.4 Å². The highest BCUT2D eigenvalue weighted by Crippen LogP contribution is 2.40. The Hall–Kier alpha value is -3.93. The fourth-order valence-corrected chi connectivity index (χ4v) is 4.05. The highest BCUT2D eigenvalue weighted by atomic mass is 16.5. The van der Waals surface area contributed by atoms with E-state index in [1.165, 1.54) is 4.90 Å². The quantitative estimate of drug-likeness (QED) is 0.582. The van der Waals surface area contributed by atoms with Crippen LogP contribution in [-0.4, -0.2) is 33.8 Å². The summed E-state index contributed by atoms with van der Waals surface area (Å²) in [5.74, 6) is -0.665. The van der Waals surface area contributed by atoms with Crippen molar-refractivity contribution in [1.29, 1.82) is 0 Å². The molecule has 1 aromatic heterocycles. The predicted molar refractivity (Wildman–Crippen MR) is 120 cm³/mol. The number of aryl methyl sites for hydroxylation is 1. The molecule has 162 valence electrons. The Morgan fingerprint density at radius 3 is 2.44 bits per heavy atom. The molecule has 0 spiro atoms. The van der Waals surface area contributed by atoms with Gasteiger partial charge < -0.3 is 14.7 Å². The van der Waals surface area contributed by atoms with Gasteiger partial charge in [0.15, 0.2) is 11.5 Å². The Balaban J connectivity index is 1.66. The number of aromatic nitrogens is 1. The van der Waals surface area contributed by atoms with Crippen molar-refractivity contribution in [3.63, 3.8) is 0 Å². The lowest BCUT2D eigenvalue weighted by molar-refractivity contribution is -0.130.